The van der Waals surface area contributed by atoms with Gasteiger partial charge in [-0.2, -0.15) is 0 Å². The van der Waals surface area contributed by atoms with Crippen molar-refractivity contribution >= 4 is 46.8 Å². The Morgan fingerprint density at radius 1 is 0.818 bits per heavy atom. The molecule has 7 N–H and O–H groups in total. The molecular formula is C22H34N4O6S. The van der Waals surface area contributed by atoms with Crippen LogP contribution in [0.3, 0.4) is 0 Å². The topological polar surface area (TPSA) is 163 Å². The lowest BCUT2D eigenvalue weighted by molar-refractivity contribution is 0.122. The maximum atomic E-state index is 9.52. The number of nitrogen functional groups attached to an aromatic ring is 2. The van der Waals surface area contributed by atoms with E-state index in [2.05, 4.69) is 41.0 Å². The highest BCUT2D eigenvalue weighted by Gasteiger charge is 2.02. The highest BCUT2D eigenvalue weighted by molar-refractivity contribution is 7.96. The lowest BCUT2D eigenvalue weighted by atomic mass is 10.2. The number of nitrogens with two attached hydrogens (primary N) is 2. The number of aliphatic hydroxyl groups is 2. The molecule has 33 heavy (non-hydrogen) atoms. The third-order valence-electron chi connectivity index (χ3n) is 4.19. The minimum Gasteiger partial charge on any atom is -0.449 e. The van der Waals surface area contributed by atoms with E-state index >= 15 is 0 Å². The van der Waals surface area contributed by atoms with Crippen molar-refractivity contribution in [1.82, 2.24) is 0 Å². The van der Waals surface area contributed by atoms with Crippen LogP contribution in [0.25, 0.3) is 0 Å². The summed E-state index contributed by atoms with van der Waals surface area (Å²) in [5, 5.41) is 24.1. The molecule has 2 aromatic rings. The standard InChI is InChI=1S/2C10H16N2O.C2H2O4S/c2*1-2-12(7-8-13)10-5-3-9(11)4-6-10;3-1(4)6-2(5)7/h2*3-6,13H,2,7-8,11H2,1H3;(H,3,4)(H,5,7). The number of carbonyl (C=O) groups is 2. The Kier molecular flexibility index (Phi) is 15.7. The molecule has 11 heteroatoms. The van der Waals surface area contributed by atoms with Gasteiger partial charge in [0.2, 0.25) is 0 Å². The zero-order valence-electron chi connectivity index (χ0n) is 18.9. The Balaban J connectivity index is 0.000000490. The van der Waals surface area contributed by atoms with Crippen molar-refractivity contribution in [3.05, 3.63) is 48.5 Å². The van der Waals surface area contributed by atoms with Crippen molar-refractivity contribution in [3.63, 3.8) is 0 Å². The molecule has 0 radical (unpaired) electrons. The molecule has 2 rings (SSSR count). The maximum absolute atomic E-state index is 9.52. The molecule has 0 aliphatic rings. The van der Waals surface area contributed by atoms with Crippen LogP contribution in [0.2, 0.25) is 0 Å². The number of hydrogen-bond acceptors (Lipinski definition) is 9. The Labute approximate surface area is 199 Å². The van der Waals surface area contributed by atoms with E-state index in [1.807, 2.05) is 48.5 Å². The van der Waals surface area contributed by atoms with E-state index in [4.69, 9.17) is 26.8 Å². The van der Waals surface area contributed by atoms with Crippen LogP contribution < -0.4 is 21.3 Å². The first-order valence-electron chi connectivity index (χ1n) is 10.2. The summed E-state index contributed by atoms with van der Waals surface area (Å²) >= 11 is 3.00. The second-order valence-electron chi connectivity index (χ2n) is 6.42. The fraction of sp³-hybridized carbons (Fsp3) is 0.364. The summed E-state index contributed by atoms with van der Waals surface area (Å²) in [6, 6.07) is 15.3. The second-order valence-corrected chi connectivity index (χ2v) is 6.79. The molecule has 0 aliphatic heterocycles. The lowest BCUT2D eigenvalue weighted by Gasteiger charge is -2.21. The van der Waals surface area contributed by atoms with Crippen LogP contribution in [0.5, 0.6) is 0 Å². The zero-order chi connectivity index (χ0) is 25.2. The first-order chi connectivity index (χ1) is 15.7. The van der Waals surface area contributed by atoms with Gasteiger partial charge in [-0.05, 0) is 62.4 Å². The summed E-state index contributed by atoms with van der Waals surface area (Å²) in [5.41, 5.74) is 14.9. The maximum Gasteiger partial charge on any atom is 0.514 e. The van der Waals surface area contributed by atoms with E-state index in [0.717, 1.165) is 35.8 Å². The molecule has 0 spiro atoms. The Hall–Kier alpha value is -3.15. The molecule has 10 nitrogen and oxygen atoms in total. The number of aliphatic hydroxyl groups excluding tert-OH is 2. The van der Waals surface area contributed by atoms with Crippen LogP contribution in [0.1, 0.15) is 13.8 Å². The third kappa shape index (κ3) is 13.8. The van der Waals surface area contributed by atoms with Gasteiger partial charge in [0, 0.05) is 48.9 Å². The van der Waals surface area contributed by atoms with Crippen molar-refractivity contribution in [2.75, 3.05) is 60.7 Å². The van der Waals surface area contributed by atoms with Crippen LogP contribution in [-0.2, 0) is 4.74 Å². The quantitative estimate of drug-likeness (QED) is 0.143. The molecule has 0 aromatic heterocycles. The van der Waals surface area contributed by atoms with Crippen LogP contribution in [0.4, 0.5) is 32.3 Å². The van der Waals surface area contributed by atoms with E-state index in [1.165, 1.54) is 0 Å². The molecule has 0 heterocycles. The fourth-order valence-corrected chi connectivity index (χ4v) is 2.70. The number of hydrogen-bond donors (Lipinski definition) is 6. The van der Waals surface area contributed by atoms with Gasteiger partial charge in [-0.15, -0.1) is 0 Å². The van der Waals surface area contributed by atoms with Crippen LogP contribution in [0.15, 0.2) is 48.5 Å². The van der Waals surface area contributed by atoms with Crippen LogP contribution in [-0.4, -0.2) is 66.2 Å². The Morgan fingerprint density at radius 2 is 1.15 bits per heavy atom. The normalized spacial score (nSPS) is 9.48. The van der Waals surface area contributed by atoms with Crippen molar-refractivity contribution in [2.24, 2.45) is 0 Å². The van der Waals surface area contributed by atoms with Gasteiger partial charge in [0.05, 0.1) is 13.2 Å². The number of carbonyl (C=O) groups excluding carboxylic acids is 1. The van der Waals surface area contributed by atoms with Gasteiger partial charge in [0.15, 0.2) is 0 Å². The number of benzene rings is 2. The number of carboxylic acid groups (broad SMARTS) is 1. The van der Waals surface area contributed by atoms with E-state index in [1.54, 1.807) is 0 Å². The largest absolute Gasteiger partial charge is 0.514 e. The second kappa shape index (κ2) is 17.4. The number of anilines is 4. The van der Waals surface area contributed by atoms with Crippen molar-refractivity contribution in [2.45, 2.75) is 13.8 Å². The molecule has 2 aromatic carbocycles. The number of thiol groups is 1. The minimum atomic E-state index is -1.64. The molecule has 0 atom stereocenters. The Bertz CT molecular complexity index is 738. The van der Waals surface area contributed by atoms with Gasteiger partial charge in [-0.3, -0.25) is 0 Å². The smallest absolute Gasteiger partial charge is 0.449 e. The molecule has 184 valence electrons. The van der Waals surface area contributed by atoms with Crippen molar-refractivity contribution < 1.29 is 29.6 Å². The van der Waals surface area contributed by atoms with E-state index in [0.29, 0.717) is 13.1 Å². The zero-order valence-corrected chi connectivity index (χ0v) is 19.8. The summed E-state index contributed by atoms with van der Waals surface area (Å²) in [6.07, 6.45) is -1.64. The highest BCUT2D eigenvalue weighted by atomic mass is 32.1. The molecule has 0 saturated heterocycles. The first kappa shape index (κ1) is 29.9. The average Bonchev–Trinajstić information content (AvgIpc) is 2.77. The lowest BCUT2D eigenvalue weighted by Crippen LogP contribution is -2.25. The number of rotatable bonds is 8. The molecule has 0 amide bonds. The predicted molar refractivity (Wildman–Crippen MR) is 135 cm³/mol. The van der Waals surface area contributed by atoms with Gasteiger partial charge in [0.1, 0.15) is 0 Å². The number of likely N-dealkylation sites (N-methyl/N-ethyl adjacent to an activating group) is 2. The fourth-order valence-electron chi connectivity index (χ4n) is 2.63. The molecule has 0 saturated carbocycles. The van der Waals surface area contributed by atoms with Gasteiger partial charge in [0.25, 0.3) is 0 Å². The summed E-state index contributed by atoms with van der Waals surface area (Å²) in [7, 11) is 0. The van der Waals surface area contributed by atoms with Crippen LogP contribution >= 0.6 is 12.6 Å². The minimum absolute atomic E-state index is 0.179. The monoisotopic (exact) mass is 482 g/mol. The first-order valence-corrected chi connectivity index (χ1v) is 10.7. The predicted octanol–water partition coefficient (Wildman–Crippen LogP) is 2.91. The van der Waals surface area contributed by atoms with Gasteiger partial charge >= 0.3 is 11.5 Å². The van der Waals surface area contributed by atoms with E-state index in [-0.39, 0.29) is 13.2 Å². The number of ether oxygens (including phenoxy) is 1. The molecule has 0 fully saturated rings. The van der Waals surface area contributed by atoms with Crippen molar-refractivity contribution in [3.8, 4) is 0 Å². The molecular weight excluding hydrogens is 448 g/mol. The van der Waals surface area contributed by atoms with Gasteiger partial charge in [-0.25, -0.2) is 9.59 Å². The van der Waals surface area contributed by atoms with E-state index < -0.39 is 11.5 Å². The number of nitrogens with zero attached hydrogens (tertiary/aromatic N) is 2. The summed E-state index contributed by atoms with van der Waals surface area (Å²) in [6.45, 7) is 7.60. The van der Waals surface area contributed by atoms with Crippen molar-refractivity contribution in [1.29, 1.82) is 0 Å². The highest BCUT2D eigenvalue weighted by Crippen LogP contribution is 2.16. The average molecular weight is 483 g/mol. The van der Waals surface area contributed by atoms with Crippen LogP contribution in [0, 0.1) is 0 Å². The Morgan fingerprint density at radius 3 is 1.33 bits per heavy atom. The molecule has 0 aliphatic carbocycles. The van der Waals surface area contributed by atoms with E-state index in [9.17, 15) is 9.59 Å². The van der Waals surface area contributed by atoms with Gasteiger partial charge < -0.3 is 41.3 Å². The SMILES string of the molecule is CCN(CCO)c1ccc(N)cc1.CCN(CCO)c1ccc(N)cc1.O=C(O)OC(=O)S. The molecule has 0 unspecified atom stereocenters. The summed E-state index contributed by atoms with van der Waals surface area (Å²) in [5.74, 6) is 0. The third-order valence-corrected chi connectivity index (χ3v) is 4.29. The summed E-state index contributed by atoms with van der Waals surface area (Å²) < 4.78 is 3.39. The summed E-state index contributed by atoms with van der Waals surface area (Å²) in [4.78, 5) is 23.0. The molecule has 0 bridgehead atoms. The van der Waals surface area contributed by atoms with Gasteiger partial charge in [-0.1, -0.05) is 12.6 Å².